The summed E-state index contributed by atoms with van der Waals surface area (Å²) in [7, 11) is -9.89. The Hall–Kier alpha value is -1.94. The number of ether oxygens (including phenoxy) is 4. The maximum Gasteiger partial charge on any atom is 0.472 e. The van der Waals surface area contributed by atoms with E-state index in [4.69, 9.17) is 37.0 Å². The standard InChI is InChI=1S/C64H124O17P2/c1-8-10-11-12-13-14-15-16-17-18-23-33-40-47-63(68)80-59(51-74-61(66)45-38-31-22-20-19-21-30-37-44-57(7)9-2)53-78-82(70,71)76-49-58(65)50-77-83(72,73)79-54-60(81-64(69)48-41-34-27-25-29-36-43-56(5)6)52-75-62(67)46-39-32-26-24-28-35-42-55(3)4/h55-60,65H,8-54H2,1-7H3,(H,70,71)(H,72,73)/t57?,58-,59-,60-/m1/s1. The average Bonchev–Trinajstić information content (AvgIpc) is 3.45. The molecule has 492 valence electrons. The van der Waals surface area contributed by atoms with Gasteiger partial charge in [-0.1, -0.05) is 260 Å². The van der Waals surface area contributed by atoms with Gasteiger partial charge in [0.25, 0.3) is 0 Å². The minimum atomic E-state index is -4.95. The van der Waals surface area contributed by atoms with Crippen molar-refractivity contribution in [3.63, 3.8) is 0 Å². The molecule has 0 amide bonds. The summed E-state index contributed by atoms with van der Waals surface area (Å²) >= 11 is 0. The van der Waals surface area contributed by atoms with Crippen LogP contribution in [0.2, 0.25) is 0 Å². The molecule has 0 heterocycles. The first-order valence-corrected chi connectivity index (χ1v) is 36.4. The summed E-state index contributed by atoms with van der Waals surface area (Å²) in [6, 6.07) is 0. The van der Waals surface area contributed by atoms with Gasteiger partial charge in [0.15, 0.2) is 12.2 Å². The fourth-order valence-electron chi connectivity index (χ4n) is 9.45. The van der Waals surface area contributed by atoms with E-state index in [1.54, 1.807) is 0 Å². The van der Waals surface area contributed by atoms with Crippen molar-refractivity contribution in [1.29, 1.82) is 0 Å². The molecule has 0 fully saturated rings. The molecule has 83 heavy (non-hydrogen) atoms. The van der Waals surface area contributed by atoms with Crippen LogP contribution in [0.4, 0.5) is 0 Å². The molecule has 17 nitrogen and oxygen atoms in total. The maximum atomic E-state index is 13.0. The van der Waals surface area contributed by atoms with Crippen LogP contribution in [0.5, 0.6) is 0 Å². The first-order valence-electron chi connectivity index (χ1n) is 33.4. The second-order valence-electron chi connectivity index (χ2n) is 24.3. The molecule has 3 N–H and O–H groups in total. The largest absolute Gasteiger partial charge is 0.472 e. The quantitative estimate of drug-likeness (QED) is 0.0222. The van der Waals surface area contributed by atoms with Crippen LogP contribution in [0.25, 0.3) is 0 Å². The lowest BCUT2D eigenvalue weighted by atomic mass is 9.99. The SMILES string of the molecule is CCCCCCCCCCCCCCCC(=O)O[C@H](COC(=O)CCCCCCCCCCC(C)CC)COP(=O)(O)OC[C@@H](O)COP(=O)(O)OC[C@@H](COC(=O)CCCCCCCCC(C)C)OC(=O)CCCCCCCCC(C)C. The minimum Gasteiger partial charge on any atom is -0.462 e. The molecule has 0 aliphatic heterocycles. The van der Waals surface area contributed by atoms with Crippen molar-refractivity contribution >= 4 is 39.5 Å². The van der Waals surface area contributed by atoms with Crippen molar-refractivity contribution in [3.8, 4) is 0 Å². The van der Waals surface area contributed by atoms with Gasteiger partial charge in [-0.3, -0.25) is 37.3 Å². The zero-order valence-corrected chi connectivity index (χ0v) is 55.4. The third kappa shape index (κ3) is 57.6. The van der Waals surface area contributed by atoms with Gasteiger partial charge in [0, 0.05) is 25.7 Å². The molecule has 0 aliphatic rings. The molecular formula is C64H124O17P2. The molecular weight excluding hydrogens is 1100 g/mol. The lowest BCUT2D eigenvalue weighted by molar-refractivity contribution is -0.161. The number of hydrogen-bond donors (Lipinski definition) is 3. The van der Waals surface area contributed by atoms with Gasteiger partial charge in [-0.05, 0) is 43.4 Å². The predicted molar refractivity (Wildman–Crippen MR) is 331 cm³/mol. The molecule has 0 radical (unpaired) electrons. The molecule has 0 aromatic rings. The summed E-state index contributed by atoms with van der Waals surface area (Å²) in [5, 5.41) is 10.5. The Morgan fingerprint density at radius 2 is 0.614 bits per heavy atom. The van der Waals surface area contributed by atoms with Gasteiger partial charge >= 0.3 is 39.5 Å². The van der Waals surface area contributed by atoms with Crippen LogP contribution in [-0.2, 0) is 65.4 Å². The fourth-order valence-corrected chi connectivity index (χ4v) is 11.0. The molecule has 6 atom stereocenters. The van der Waals surface area contributed by atoms with E-state index in [0.29, 0.717) is 37.5 Å². The summed E-state index contributed by atoms with van der Waals surface area (Å²) < 4.78 is 67.9. The molecule has 0 spiro atoms. The molecule has 0 saturated carbocycles. The van der Waals surface area contributed by atoms with Crippen LogP contribution in [0.1, 0.15) is 312 Å². The lowest BCUT2D eigenvalue weighted by Crippen LogP contribution is -2.30. The van der Waals surface area contributed by atoms with Gasteiger partial charge in [-0.15, -0.1) is 0 Å². The number of hydrogen-bond acceptors (Lipinski definition) is 15. The van der Waals surface area contributed by atoms with Crippen molar-refractivity contribution in [2.24, 2.45) is 17.8 Å². The smallest absolute Gasteiger partial charge is 0.462 e. The Morgan fingerprint density at radius 3 is 0.916 bits per heavy atom. The first-order chi connectivity index (χ1) is 39.8. The van der Waals surface area contributed by atoms with E-state index in [-0.39, 0.29) is 25.7 Å². The van der Waals surface area contributed by atoms with Crippen LogP contribution >= 0.6 is 15.6 Å². The lowest BCUT2D eigenvalue weighted by Gasteiger charge is -2.21. The fraction of sp³-hybridized carbons (Fsp3) is 0.938. The van der Waals surface area contributed by atoms with Crippen LogP contribution < -0.4 is 0 Å². The Bertz CT molecular complexity index is 1650. The van der Waals surface area contributed by atoms with E-state index in [2.05, 4.69) is 48.5 Å². The van der Waals surface area contributed by atoms with Crippen LogP contribution in [0.15, 0.2) is 0 Å². The number of carbonyl (C=O) groups is 4. The third-order valence-corrected chi connectivity index (χ3v) is 16.9. The molecule has 0 saturated heterocycles. The Labute approximate surface area is 505 Å². The highest BCUT2D eigenvalue weighted by Crippen LogP contribution is 2.45. The van der Waals surface area contributed by atoms with Gasteiger partial charge in [-0.2, -0.15) is 0 Å². The summed E-state index contributed by atoms with van der Waals surface area (Å²) in [4.78, 5) is 72.2. The first kappa shape index (κ1) is 81.1. The van der Waals surface area contributed by atoms with E-state index in [1.165, 1.54) is 116 Å². The number of aliphatic hydroxyl groups is 1. The molecule has 0 rings (SSSR count). The second-order valence-corrected chi connectivity index (χ2v) is 27.3. The molecule has 0 aliphatic carbocycles. The number of rotatable bonds is 62. The van der Waals surface area contributed by atoms with Gasteiger partial charge in [0.1, 0.15) is 19.3 Å². The minimum absolute atomic E-state index is 0.101. The van der Waals surface area contributed by atoms with Crippen molar-refractivity contribution < 1.29 is 80.2 Å². The molecule has 3 unspecified atom stereocenters. The Kier molecular flexibility index (Phi) is 54.1. The number of unbranched alkanes of at least 4 members (excludes halogenated alkanes) is 29. The van der Waals surface area contributed by atoms with E-state index in [9.17, 15) is 43.2 Å². The Morgan fingerprint density at radius 1 is 0.349 bits per heavy atom. The highest BCUT2D eigenvalue weighted by atomic mass is 31.2. The van der Waals surface area contributed by atoms with Gasteiger partial charge in [0.05, 0.1) is 26.4 Å². The highest BCUT2D eigenvalue weighted by molar-refractivity contribution is 7.47. The van der Waals surface area contributed by atoms with E-state index >= 15 is 0 Å². The summed E-state index contributed by atoms with van der Waals surface area (Å²) in [5.74, 6) is -0.0139. The van der Waals surface area contributed by atoms with Crippen molar-refractivity contribution in [2.45, 2.75) is 330 Å². The maximum absolute atomic E-state index is 13.0. The highest BCUT2D eigenvalue weighted by Gasteiger charge is 2.30. The molecule has 0 aromatic carbocycles. The van der Waals surface area contributed by atoms with Crippen LogP contribution in [-0.4, -0.2) is 96.7 Å². The number of carbonyl (C=O) groups excluding carboxylic acids is 4. The normalized spacial score (nSPS) is 14.7. The summed E-state index contributed by atoms with van der Waals surface area (Å²) in [6.45, 7) is 11.6. The summed E-state index contributed by atoms with van der Waals surface area (Å²) in [6.07, 6.45) is 36.4. The topological polar surface area (TPSA) is 237 Å². The number of aliphatic hydroxyl groups excluding tert-OH is 1. The van der Waals surface area contributed by atoms with Crippen LogP contribution in [0, 0.1) is 17.8 Å². The van der Waals surface area contributed by atoms with Gasteiger partial charge < -0.3 is 33.8 Å². The van der Waals surface area contributed by atoms with E-state index in [0.717, 1.165) is 102 Å². The monoisotopic (exact) mass is 1230 g/mol. The van der Waals surface area contributed by atoms with Gasteiger partial charge in [-0.25, -0.2) is 9.13 Å². The van der Waals surface area contributed by atoms with Crippen molar-refractivity contribution in [2.75, 3.05) is 39.6 Å². The molecule has 19 heteroatoms. The number of phosphoric acid groups is 2. The molecule has 0 aromatic heterocycles. The van der Waals surface area contributed by atoms with Crippen LogP contribution in [0.3, 0.4) is 0 Å². The zero-order valence-electron chi connectivity index (χ0n) is 53.6. The zero-order chi connectivity index (χ0) is 61.7. The van der Waals surface area contributed by atoms with Crippen molar-refractivity contribution in [3.05, 3.63) is 0 Å². The van der Waals surface area contributed by atoms with Gasteiger partial charge in [0.2, 0.25) is 0 Å². The summed E-state index contributed by atoms with van der Waals surface area (Å²) in [5.41, 5.74) is 0. The van der Waals surface area contributed by atoms with E-state index < -0.39 is 97.5 Å². The van der Waals surface area contributed by atoms with Crippen molar-refractivity contribution in [1.82, 2.24) is 0 Å². The van der Waals surface area contributed by atoms with E-state index in [1.807, 2.05) is 0 Å². The number of phosphoric ester groups is 2. The molecule has 0 bridgehead atoms. The predicted octanol–water partition coefficient (Wildman–Crippen LogP) is 17.5. The number of esters is 4. The average molecular weight is 1230 g/mol. The second kappa shape index (κ2) is 55.4. The Balaban J connectivity index is 5.24. The third-order valence-electron chi connectivity index (χ3n) is 15.0.